The van der Waals surface area contributed by atoms with Crippen LogP contribution in [0.2, 0.25) is 0 Å². The number of tetrazole rings is 1. The molecule has 90 valence electrons. The van der Waals surface area contributed by atoms with Crippen LogP contribution >= 0.6 is 11.3 Å². The molecule has 0 fully saturated rings. The summed E-state index contributed by atoms with van der Waals surface area (Å²) in [7, 11) is 0. The fourth-order valence-electron chi connectivity index (χ4n) is 1.38. The van der Waals surface area contributed by atoms with Crippen LogP contribution in [0.15, 0.2) is 5.38 Å². The van der Waals surface area contributed by atoms with Gasteiger partial charge in [0.25, 0.3) is 0 Å². The molecule has 17 heavy (non-hydrogen) atoms. The number of nitrogens with zero attached hydrogens (tertiary/aromatic N) is 5. The summed E-state index contributed by atoms with van der Waals surface area (Å²) >= 11 is 1.53. The van der Waals surface area contributed by atoms with Crippen LogP contribution in [-0.4, -0.2) is 36.3 Å². The van der Waals surface area contributed by atoms with Gasteiger partial charge in [-0.25, -0.2) is 9.67 Å². The topological polar surface area (TPSA) is 93.8 Å². The number of hydrogen-bond donors (Lipinski definition) is 1. The molecule has 0 saturated carbocycles. The first-order valence-corrected chi connectivity index (χ1v) is 5.95. The summed E-state index contributed by atoms with van der Waals surface area (Å²) in [6, 6.07) is 0. The highest BCUT2D eigenvalue weighted by atomic mass is 32.1. The first-order chi connectivity index (χ1) is 8.16. The van der Waals surface area contributed by atoms with E-state index in [-0.39, 0.29) is 6.42 Å². The molecular formula is C9H11N5O2S. The third kappa shape index (κ3) is 2.84. The standard InChI is InChI=1S/C9H11N5O2S/c1-6-10-7(5-17-6)9-11-12-13-14(9)4-2-3-8(15)16/h5H,2-4H2,1H3,(H,15,16). The van der Waals surface area contributed by atoms with E-state index in [1.165, 1.54) is 11.3 Å². The minimum absolute atomic E-state index is 0.107. The molecule has 2 heterocycles. The maximum absolute atomic E-state index is 10.4. The highest BCUT2D eigenvalue weighted by Crippen LogP contribution is 2.18. The predicted octanol–water partition coefficient (Wildman–Crippen LogP) is 0.970. The Morgan fingerprint density at radius 3 is 3.06 bits per heavy atom. The molecule has 0 aromatic carbocycles. The van der Waals surface area contributed by atoms with Gasteiger partial charge in [0.05, 0.1) is 5.01 Å². The normalized spacial score (nSPS) is 10.6. The Bertz CT molecular complexity index is 521. The highest BCUT2D eigenvalue weighted by Gasteiger charge is 2.11. The quantitative estimate of drug-likeness (QED) is 0.853. The van der Waals surface area contributed by atoms with Gasteiger partial charge in [0.1, 0.15) is 5.69 Å². The summed E-state index contributed by atoms with van der Waals surface area (Å²) in [6.45, 7) is 2.39. The third-order valence-electron chi connectivity index (χ3n) is 2.14. The lowest BCUT2D eigenvalue weighted by molar-refractivity contribution is -0.137. The Kier molecular flexibility index (Phi) is 3.43. The van der Waals surface area contributed by atoms with Crippen molar-refractivity contribution >= 4 is 17.3 Å². The van der Waals surface area contributed by atoms with Crippen LogP contribution in [0.1, 0.15) is 17.8 Å². The average molecular weight is 253 g/mol. The fraction of sp³-hybridized carbons (Fsp3) is 0.444. The second-order valence-corrected chi connectivity index (χ2v) is 4.54. The molecule has 0 radical (unpaired) electrons. The first-order valence-electron chi connectivity index (χ1n) is 5.07. The van der Waals surface area contributed by atoms with E-state index in [9.17, 15) is 4.79 Å². The van der Waals surface area contributed by atoms with Gasteiger partial charge in [-0.3, -0.25) is 4.79 Å². The number of carboxylic acid groups (broad SMARTS) is 1. The van der Waals surface area contributed by atoms with Gasteiger partial charge in [-0.05, 0) is 23.8 Å². The first kappa shape index (κ1) is 11.6. The van der Waals surface area contributed by atoms with Crippen molar-refractivity contribution in [1.29, 1.82) is 0 Å². The molecule has 0 atom stereocenters. The maximum atomic E-state index is 10.4. The second-order valence-electron chi connectivity index (χ2n) is 3.47. The summed E-state index contributed by atoms with van der Waals surface area (Å²) in [5.41, 5.74) is 0.729. The van der Waals surface area contributed by atoms with E-state index in [0.717, 1.165) is 10.7 Å². The molecule has 0 bridgehead atoms. The van der Waals surface area contributed by atoms with Crippen LogP contribution in [0.25, 0.3) is 11.5 Å². The van der Waals surface area contributed by atoms with E-state index in [2.05, 4.69) is 20.5 Å². The summed E-state index contributed by atoms with van der Waals surface area (Å²) in [5.74, 6) is -0.233. The monoisotopic (exact) mass is 253 g/mol. The molecule has 0 aliphatic carbocycles. The third-order valence-corrected chi connectivity index (χ3v) is 2.91. The van der Waals surface area contributed by atoms with Gasteiger partial charge in [0.2, 0.25) is 5.82 Å². The van der Waals surface area contributed by atoms with Crippen molar-refractivity contribution in [2.24, 2.45) is 0 Å². The lowest BCUT2D eigenvalue weighted by atomic mass is 10.3. The van der Waals surface area contributed by atoms with E-state index >= 15 is 0 Å². The summed E-state index contributed by atoms with van der Waals surface area (Å²) < 4.78 is 1.58. The van der Waals surface area contributed by atoms with Crippen LogP contribution in [-0.2, 0) is 11.3 Å². The van der Waals surface area contributed by atoms with Crippen LogP contribution < -0.4 is 0 Å². The van der Waals surface area contributed by atoms with Crippen molar-refractivity contribution in [3.8, 4) is 11.5 Å². The summed E-state index contributed by atoms with van der Waals surface area (Å²) in [4.78, 5) is 14.7. The number of aromatic nitrogens is 5. The largest absolute Gasteiger partial charge is 0.481 e. The van der Waals surface area contributed by atoms with Crippen molar-refractivity contribution in [3.63, 3.8) is 0 Å². The van der Waals surface area contributed by atoms with Gasteiger partial charge in [-0.15, -0.1) is 16.4 Å². The van der Waals surface area contributed by atoms with E-state index in [0.29, 0.717) is 18.8 Å². The molecule has 0 amide bonds. The van der Waals surface area contributed by atoms with Gasteiger partial charge in [0.15, 0.2) is 0 Å². The minimum Gasteiger partial charge on any atom is -0.481 e. The van der Waals surface area contributed by atoms with Crippen LogP contribution in [0.3, 0.4) is 0 Å². The van der Waals surface area contributed by atoms with E-state index in [1.54, 1.807) is 4.68 Å². The Morgan fingerprint density at radius 2 is 2.41 bits per heavy atom. The Balaban J connectivity index is 2.09. The molecular weight excluding hydrogens is 242 g/mol. The minimum atomic E-state index is -0.816. The van der Waals surface area contributed by atoms with Crippen LogP contribution in [0.4, 0.5) is 0 Å². The van der Waals surface area contributed by atoms with Gasteiger partial charge in [-0.2, -0.15) is 0 Å². The molecule has 0 spiro atoms. The number of aliphatic carboxylic acids is 1. The molecule has 0 aliphatic rings. The predicted molar refractivity (Wildman–Crippen MR) is 60.5 cm³/mol. The van der Waals surface area contributed by atoms with E-state index in [4.69, 9.17) is 5.11 Å². The molecule has 8 heteroatoms. The van der Waals surface area contributed by atoms with Gasteiger partial charge >= 0.3 is 5.97 Å². The molecule has 0 aliphatic heterocycles. The zero-order valence-corrected chi connectivity index (χ0v) is 10.0. The van der Waals surface area contributed by atoms with Gasteiger partial charge < -0.3 is 5.11 Å². The molecule has 2 rings (SSSR count). The molecule has 2 aromatic rings. The van der Waals surface area contributed by atoms with Gasteiger partial charge in [0, 0.05) is 18.3 Å². The van der Waals surface area contributed by atoms with Crippen molar-refractivity contribution in [1.82, 2.24) is 25.2 Å². The second kappa shape index (κ2) is 5.00. The van der Waals surface area contributed by atoms with Crippen molar-refractivity contribution in [2.45, 2.75) is 26.3 Å². The van der Waals surface area contributed by atoms with Gasteiger partial charge in [-0.1, -0.05) is 0 Å². The molecule has 0 unspecified atom stereocenters. The maximum Gasteiger partial charge on any atom is 0.303 e. The SMILES string of the molecule is Cc1nc(-c2nnnn2CCCC(=O)O)cs1. The average Bonchev–Trinajstić information content (AvgIpc) is 2.86. The Labute approximate surface area is 101 Å². The number of carbonyl (C=O) groups is 1. The van der Waals surface area contributed by atoms with Crippen LogP contribution in [0.5, 0.6) is 0 Å². The fourth-order valence-corrected chi connectivity index (χ4v) is 1.98. The van der Waals surface area contributed by atoms with Crippen molar-refractivity contribution < 1.29 is 9.90 Å². The number of aryl methyl sites for hydroxylation is 2. The van der Waals surface area contributed by atoms with E-state index < -0.39 is 5.97 Å². The number of carboxylic acids is 1. The molecule has 1 N–H and O–H groups in total. The highest BCUT2D eigenvalue weighted by molar-refractivity contribution is 7.09. The molecule has 7 nitrogen and oxygen atoms in total. The van der Waals surface area contributed by atoms with Crippen molar-refractivity contribution in [3.05, 3.63) is 10.4 Å². The summed E-state index contributed by atoms with van der Waals surface area (Å²) in [6.07, 6.45) is 0.603. The van der Waals surface area contributed by atoms with Crippen LogP contribution in [0, 0.1) is 6.92 Å². The van der Waals surface area contributed by atoms with E-state index in [1.807, 2.05) is 12.3 Å². The molecule has 2 aromatic heterocycles. The number of thiazole rings is 1. The lowest BCUT2D eigenvalue weighted by Crippen LogP contribution is -2.05. The Hall–Kier alpha value is -1.83. The van der Waals surface area contributed by atoms with Crippen molar-refractivity contribution in [2.75, 3.05) is 0 Å². The molecule has 0 saturated heterocycles. The number of rotatable bonds is 5. The number of hydrogen-bond acceptors (Lipinski definition) is 6. The lowest BCUT2D eigenvalue weighted by Gasteiger charge is -2.00. The smallest absolute Gasteiger partial charge is 0.303 e. The zero-order valence-electron chi connectivity index (χ0n) is 9.20. The zero-order chi connectivity index (χ0) is 12.3. The Morgan fingerprint density at radius 1 is 1.59 bits per heavy atom. The summed E-state index contributed by atoms with van der Waals surface area (Å²) in [5, 5.41) is 22.7.